The minimum absolute atomic E-state index is 0.356. The molecule has 2 aliphatic rings. The molecule has 1 fully saturated rings. The average molecular weight is 394 g/mol. The Morgan fingerprint density at radius 2 is 1.76 bits per heavy atom. The Hall–Kier alpha value is -2.96. The molecular weight excluding hydrogens is 368 g/mol. The van der Waals surface area contributed by atoms with Crippen LogP contribution in [-0.4, -0.2) is 42.0 Å². The van der Waals surface area contributed by atoms with Crippen LogP contribution in [0.15, 0.2) is 30.3 Å². The van der Waals surface area contributed by atoms with Gasteiger partial charge in [-0.05, 0) is 44.1 Å². The van der Waals surface area contributed by atoms with Crippen molar-refractivity contribution in [1.82, 2.24) is 15.3 Å². The van der Waals surface area contributed by atoms with E-state index in [1.54, 1.807) is 12.1 Å². The molecule has 29 heavy (non-hydrogen) atoms. The SMILES string of the molecule is COC(=O)[C@@H](NC(=O)c1nc(N2CCCC2)nc2c1CCCC2)c1ccccc1. The van der Waals surface area contributed by atoms with Crippen LogP contribution in [0.25, 0.3) is 0 Å². The number of benzene rings is 1. The number of esters is 1. The molecule has 1 aromatic heterocycles. The summed E-state index contributed by atoms with van der Waals surface area (Å²) < 4.78 is 4.93. The maximum atomic E-state index is 13.3. The molecule has 7 heteroatoms. The zero-order chi connectivity index (χ0) is 20.2. The van der Waals surface area contributed by atoms with Crippen molar-refractivity contribution in [1.29, 1.82) is 0 Å². The fourth-order valence-electron chi connectivity index (χ4n) is 4.07. The van der Waals surface area contributed by atoms with Crippen LogP contribution in [0, 0.1) is 0 Å². The number of nitrogens with zero attached hydrogens (tertiary/aromatic N) is 3. The summed E-state index contributed by atoms with van der Waals surface area (Å²) in [6.07, 6.45) is 5.95. The highest BCUT2D eigenvalue weighted by Crippen LogP contribution is 2.27. The van der Waals surface area contributed by atoms with Gasteiger partial charge in [0.25, 0.3) is 5.91 Å². The number of aromatic nitrogens is 2. The number of methoxy groups -OCH3 is 1. The monoisotopic (exact) mass is 394 g/mol. The first-order valence-corrected chi connectivity index (χ1v) is 10.3. The Morgan fingerprint density at radius 1 is 1.03 bits per heavy atom. The summed E-state index contributed by atoms with van der Waals surface area (Å²) in [4.78, 5) is 37.2. The number of carbonyl (C=O) groups excluding carboxylic acids is 2. The second kappa shape index (κ2) is 8.59. The number of rotatable bonds is 5. The van der Waals surface area contributed by atoms with E-state index in [9.17, 15) is 9.59 Å². The predicted molar refractivity (Wildman–Crippen MR) is 109 cm³/mol. The summed E-state index contributed by atoms with van der Waals surface area (Å²) in [5.74, 6) is -0.236. The lowest BCUT2D eigenvalue weighted by Gasteiger charge is -2.23. The number of hydrogen-bond donors (Lipinski definition) is 1. The third kappa shape index (κ3) is 4.09. The van der Waals surface area contributed by atoms with E-state index in [1.165, 1.54) is 7.11 Å². The maximum Gasteiger partial charge on any atom is 0.333 e. The van der Waals surface area contributed by atoms with E-state index in [1.807, 2.05) is 18.2 Å². The van der Waals surface area contributed by atoms with Crippen molar-refractivity contribution in [2.45, 2.75) is 44.6 Å². The molecule has 1 aliphatic heterocycles. The molecule has 1 atom stereocenters. The summed E-state index contributed by atoms with van der Waals surface area (Å²) in [5, 5.41) is 2.85. The molecule has 7 nitrogen and oxygen atoms in total. The second-order valence-electron chi connectivity index (χ2n) is 7.54. The molecule has 1 N–H and O–H groups in total. The van der Waals surface area contributed by atoms with E-state index in [0.29, 0.717) is 17.2 Å². The van der Waals surface area contributed by atoms with Crippen LogP contribution in [0.4, 0.5) is 5.95 Å². The summed E-state index contributed by atoms with van der Waals surface area (Å²) in [7, 11) is 1.32. The van der Waals surface area contributed by atoms with Crippen LogP contribution in [0.3, 0.4) is 0 Å². The van der Waals surface area contributed by atoms with Crippen molar-refractivity contribution < 1.29 is 14.3 Å². The van der Waals surface area contributed by atoms with E-state index >= 15 is 0 Å². The third-order valence-electron chi connectivity index (χ3n) is 5.62. The van der Waals surface area contributed by atoms with Crippen molar-refractivity contribution in [2.75, 3.05) is 25.1 Å². The molecule has 2 heterocycles. The molecule has 0 spiro atoms. The second-order valence-corrected chi connectivity index (χ2v) is 7.54. The summed E-state index contributed by atoms with van der Waals surface area (Å²) in [6, 6.07) is 8.24. The van der Waals surface area contributed by atoms with E-state index in [-0.39, 0.29) is 5.91 Å². The van der Waals surface area contributed by atoms with Crippen LogP contribution in [0.5, 0.6) is 0 Å². The minimum Gasteiger partial charge on any atom is -0.467 e. The number of ether oxygens (including phenoxy) is 1. The standard InChI is InChI=1S/C22H26N4O3/c1-29-21(28)18(15-9-3-2-4-10-15)24-20(27)19-16-11-5-6-12-17(16)23-22(25-19)26-13-7-8-14-26/h2-4,9-10,18H,5-8,11-14H2,1H3,(H,24,27)/t18-/m0/s1. The Bertz CT molecular complexity index is 894. The number of nitrogens with one attached hydrogen (secondary N) is 1. The van der Waals surface area contributed by atoms with Gasteiger partial charge in [0, 0.05) is 24.3 Å². The summed E-state index contributed by atoms with van der Waals surface area (Å²) >= 11 is 0. The summed E-state index contributed by atoms with van der Waals surface area (Å²) in [5.41, 5.74) is 2.94. The van der Waals surface area contributed by atoms with Gasteiger partial charge in [-0.15, -0.1) is 0 Å². The molecule has 1 amide bonds. The number of aryl methyl sites for hydroxylation is 1. The van der Waals surface area contributed by atoms with E-state index in [0.717, 1.165) is 62.9 Å². The predicted octanol–water partition coefficient (Wildman–Crippen LogP) is 2.60. The van der Waals surface area contributed by atoms with Crippen LogP contribution in [0.2, 0.25) is 0 Å². The molecule has 2 aromatic rings. The largest absolute Gasteiger partial charge is 0.467 e. The van der Waals surface area contributed by atoms with Crippen molar-refractivity contribution in [3.63, 3.8) is 0 Å². The molecule has 1 aromatic carbocycles. The van der Waals surface area contributed by atoms with Gasteiger partial charge in [-0.1, -0.05) is 30.3 Å². The van der Waals surface area contributed by atoms with Gasteiger partial charge < -0.3 is 15.0 Å². The van der Waals surface area contributed by atoms with E-state index in [2.05, 4.69) is 15.2 Å². The van der Waals surface area contributed by atoms with Crippen LogP contribution >= 0.6 is 0 Å². The van der Waals surface area contributed by atoms with Crippen molar-refractivity contribution in [3.05, 3.63) is 52.8 Å². The zero-order valence-corrected chi connectivity index (χ0v) is 16.7. The number of fused-ring (bicyclic) bond motifs is 1. The van der Waals surface area contributed by atoms with Gasteiger partial charge in [0.05, 0.1) is 7.11 Å². The van der Waals surface area contributed by atoms with Crippen LogP contribution in [-0.2, 0) is 22.4 Å². The van der Waals surface area contributed by atoms with Crippen molar-refractivity contribution >= 4 is 17.8 Å². The maximum absolute atomic E-state index is 13.3. The minimum atomic E-state index is -0.877. The Labute approximate surface area is 170 Å². The smallest absolute Gasteiger partial charge is 0.333 e. The highest BCUT2D eigenvalue weighted by atomic mass is 16.5. The number of hydrogen-bond acceptors (Lipinski definition) is 6. The topological polar surface area (TPSA) is 84.4 Å². The van der Waals surface area contributed by atoms with Crippen LogP contribution < -0.4 is 10.2 Å². The molecular formula is C22H26N4O3. The first kappa shape index (κ1) is 19.4. The molecule has 1 saturated heterocycles. The van der Waals surface area contributed by atoms with Gasteiger partial charge >= 0.3 is 5.97 Å². The Morgan fingerprint density at radius 3 is 2.48 bits per heavy atom. The number of amides is 1. The number of carbonyl (C=O) groups is 2. The van der Waals surface area contributed by atoms with Gasteiger partial charge in [0.15, 0.2) is 6.04 Å². The molecule has 4 rings (SSSR count). The lowest BCUT2D eigenvalue weighted by Crippen LogP contribution is -2.36. The first-order chi connectivity index (χ1) is 14.2. The van der Waals surface area contributed by atoms with Gasteiger partial charge in [0.2, 0.25) is 5.95 Å². The fraction of sp³-hybridized carbons (Fsp3) is 0.455. The van der Waals surface area contributed by atoms with Gasteiger partial charge in [-0.25, -0.2) is 14.8 Å². The lowest BCUT2D eigenvalue weighted by atomic mass is 9.94. The van der Waals surface area contributed by atoms with Crippen molar-refractivity contribution in [2.24, 2.45) is 0 Å². The first-order valence-electron chi connectivity index (χ1n) is 10.3. The van der Waals surface area contributed by atoms with Crippen LogP contribution in [0.1, 0.15) is 59.0 Å². The highest BCUT2D eigenvalue weighted by Gasteiger charge is 2.29. The van der Waals surface area contributed by atoms with Gasteiger partial charge in [-0.3, -0.25) is 4.79 Å². The quantitative estimate of drug-likeness (QED) is 0.785. The van der Waals surface area contributed by atoms with Gasteiger partial charge in [0.1, 0.15) is 5.69 Å². The Balaban J connectivity index is 1.67. The molecule has 0 bridgehead atoms. The average Bonchev–Trinajstić information content (AvgIpc) is 3.31. The summed E-state index contributed by atoms with van der Waals surface area (Å²) in [6.45, 7) is 1.82. The van der Waals surface area contributed by atoms with Crippen molar-refractivity contribution in [3.8, 4) is 0 Å². The molecule has 0 unspecified atom stereocenters. The Kier molecular flexibility index (Phi) is 5.74. The number of anilines is 1. The zero-order valence-electron chi connectivity index (χ0n) is 16.7. The lowest BCUT2D eigenvalue weighted by molar-refractivity contribution is -0.143. The van der Waals surface area contributed by atoms with E-state index < -0.39 is 12.0 Å². The normalized spacial score (nSPS) is 16.8. The third-order valence-corrected chi connectivity index (χ3v) is 5.62. The molecule has 0 saturated carbocycles. The molecule has 1 aliphatic carbocycles. The van der Waals surface area contributed by atoms with Gasteiger partial charge in [-0.2, -0.15) is 0 Å². The van der Waals surface area contributed by atoms with E-state index in [4.69, 9.17) is 9.72 Å². The molecule has 152 valence electrons. The highest BCUT2D eigenvalue weighted by molar-refractivity contribution is 5.97. The fourth-order valence-corrected chi connectivity index (χ4v) is 4.07. The molecule has 0 radical (unpaired) electrons.